The summed E-state index contributed by atoms with van der Waals surface area (Å²) < 4.78 is 10.9. The van der Waals surface area contributed by atoms with Crippen LogP contribution in [0.1, 0.15) is 78.9 Å². The van der Waals surface area contributed by atoms with E-state index in [0.29, 0.717) is 11.3 Å². The fraction of sp³-hybridized carbons (Fsp3) is 0.464. The standard InChI is InChI=1S/C28H37ClN2O5/c1-17-14-18(2)16-20(15-17)23(32)30(24(33)21-12-11-13-22(35-10)19(21)3)31(28(7,8)9)26(34)36-25(29)27(4,5)6/h11-16,25H,1-10H3. The number of imide groups is 1. The number of ether oxygens (including phenoxy) is 2. The monoisotopic (exact) mass is 516 g/mol. The molecule has 2 aromatic rings. The van der Waals surface area contributed by atoms with Gasteiger partial charge in [-0.25, -0.2) is 9.80 Å². The molecular formula is C28H37ClN2O5. The van der Waals surface area contributed by atoms with Gasteiger partial charge in [-0.2, -0.15) is 5.01 Å². The zero-order valence-electron chi connectivity index (χ0n) is 22.9. The fourth-order valence-corrected chi connectivity index (χ4v) is 3.72. The van der Waals surface area contributed by atoms with Crippen LogP contribution in [-0.4, -0.2) is 46.1 Å². The highest BCUT2D eigenvalue weighted by Crippen LogP contribution is 2.30. The first-order valence-electron chi connectivity index (χ1n) is 11.7. The maximum Gasteiger partial charge on any atom is 0.431 e. The molecule has 36 heavy (non-hydrogen) atoms. The number of carbonyl (C=O) groups excluding carboxylic acids is 3. The number of benzene rings is 2. The van der Waals surface area contributed by atoms with Crippen molar-refractivity contribution in [1.29, 1.82) is 0 Å². The van der Waals surface area contributed by atoms with Gasteiger partial charge in [0, 0.05) is 22.1 Å². The van der Waals surface area contributed by atoms with Crippen LogP contribution in [0.3, 0.4) is 0 Å². The van der Waals surface area contributed by atoms with Crippen molar-refractivity contribution in [2.24, 2.45) is 5.41 Å². The number of carbonyl (C=O) groups is 3. The Morgan fingerprint density at radius 3 is 1.92 bits per heavy atom. The van der Waals surface area contributed by atoms with Gasteiger partial charge in [-0.3, -0.25) is 9.59 Å². The second kappa shape index (κ2) is 10.9. The SMILES string of the molecule is COc1cccc(C(=O)N(C(=O)c2cc(C)cc(C)c2)N(C(=O)OC(Cl)C(C)(C)C)C(C)(C)C)c1C. The number of rotatable bonds is 4. The fourth-order valence-electron chi connectivity index (χ4n) is 3.65. The third-order valence-corrected chi connectivity index (χ3v) is 6.23. The Bertz CT molecular complexity index is 1130. The number of hydrogen-bond donors (Lipinski definition) is 0. The summed E-state index contributed by atoms with van der Waals surface area (Å²) in [5.41, 5.74) is 0.119. The van der Waals surface area contributed by atoms with E-state index < -0.39 is 34.4 Å². The van der Waals surface area contributed by atoms with Crippen LogP contribution >= 0.6 is 11.6 Å². The molecule has 8 heteroatoms. The number of hydrazine groups is 1. The van der Waals surface area contributed by atoms with Gasteiger partial charge in [-0.05, 0) is 65.8 Å². The lowest BCUT2D eigenvalue weighted by Gasteiger charge is -2.42. The van der Waals surface area contributed by atoms with E-state index in [1.807, 2.05) is 40.7 Å². The number of methoxy groups -OCH3 is 1. The zero-order chi connectivity index (χ0) is 27.6. The normalized spacial score (nSPS) is 12.5. The number of hydrogen-bond acceptors (Lipinski definition) is 5. The highest BCUT2D eigenvalue weighted by atomic mass is 35.5. The molecular weight excluding hydrogens is 480 g/mol. The minimum absolute atomic E-state index is 0.215. The molecule has 0 bridgehead atoms. The Kier molecular flexibility index (Phi) is 8.84. The lowest BCUT2D eigenvalue weighted by Crippen LogP contribution is -2.61. The first-order valence-corrected chi connectivity index (χ1v) is 12.2. The molecule has 0 saturated heterocycles. The molecule has 0 aliphatic heterocycles. The number of nitrogens with zero attached hydrogens (tertiary/aromatic N) is 2. The highest BCUT2D eigenvalue weighted by Gasteiger charge is 2.43. The van der Waals surface area contributed by atoms with Crippen LogP contribution in [0, 0.1) is 26.2 Å². The molecule has 0 N–H and O–H groups in total. The largest absolute Gasteiger partial charge is 0.496 e. The second-order valence-electron chi connectivity index (χ2n) is 11.0. The summed E-state index contributed by atoms with van der Waals surface area (Å²) in [6.07, 6.45) is -0.913. The molecule has 0 saturated carbocycles. The number of aryl methyl sites for hydroxylation is 2. The van der Waals surface area contributed by atoms with Crippen molar-refractivity contribution >= 4 is 29.5 Å². The molecule has 2 rings (SSSR count). The van der Waals surface area contributed by atoms with E-state index in [0.717, 1.165) is 21.1 Å². The predicted molar refractivity (Wildman–Crippen MR) is 141 cm³/mol. The van der Waals surface area contributed by atoms with Gasteiger partial charge in [-0.15, -0.1) is 0 Å². The third kappa shape index (κ3) is 6.58. The molecule has 0 aliphatic rings. The molecule has 0 radical (unpaired) electrons. The summed E-state index contributed by atoms with van der Waals surface area (Å²) in [7, 11) is 1.50. The van der Waals surface area contributed by atoms with Crippen molar-refractivity contribution in [3.05, 3.63) is 64.2 Å². The van der Waals surface area contributed by atoms with Crippen LogP contribution in [0.15, 0.2) is 36.4 Å². The van der Waals surface area contributed by atoms with Crippen molar-refractivity contribution in [3.63, 3.8) is 0 Å². The molecule has 3 amide bonds. The lowest BCUT2D eigenvalue weighted by atomic mass is 9.98. The molecule has 0 aliphatic carbocycles. The summed E-state index contributed by atoms with van der Waals surface area (Å²) in [6, 6.07) is 10.3. The van der Waals surface area contributed by atoms with Crippen LogP contribution in [0.4, 0.5) is 4.79 Å². The summed E-state index contributed by atoms with van der Waals surface area (Å²) in [4.78, 5) is 41.6. The summed E-state index contributed by atoms with van der Waals surface area (Å²) in [5.74, 6) is -0.870. The van der Waals surface area contributed by atoms with E-state index in [9.17, 15) is 14.4 Å². The Labute approximate surface area is 219 Å². The quantitative estimate of drug-likeness (QED) is 0.258. The molecule has 1 unspecified atom stereocenters. The van der Waals surface area contributed by atoms with Crippen LogP contribution in [0.5, 0.6) is 5.75 Å². The minimum Gasteiger partial charge on any atom is -0.496 e. The zero-order valence-corrected chi connectivity index (χ0v) is 23.6. The van der Waals surface area contributed by atoms with Crippen LogP contribution in [0.25, 0.3) is 0 Å². The first kappa shape index (κ1) is 29.2. The molecule has 0 spiro atoms. The molecule has 0 heterocycles. The maximum absolute atomic E-state index is 14.1. The molecule has 7 nitrogen and oxygen atoms in total. The second-order valence-corrected chi connectivity index (χ2v) is 11.4. The Balaban J connectivity index is 2.75. The van der Waals surface area contributed by atoms with Gasteiger partial charge < -0.3 is 9.47 Å². The van der Waals surface area contributed by atoms with E-state index in [4.69, 9.17) is 21.1 Å². The Morgan fingerprint density at radius 1 is 0.889 bits per heavy atom. The first-order chi connectivity index (χ1) is 16.5. The molecule has 0 fully saturated rings. The van der Waals surface area contributed by atoms with E-state index >= 15 is 0 Å². The van der Waals surface area contributed by atoms with Gasteiger partial charge >= 0.3 is 6.09 Å². The van der Waals surface area contributed by atoms with Crippen molar-refractivity contribution in [1.82, 2.24) is 10.0 Å². The van der Waals surface area contributed by atoms with E-state index in [1.165, 1.54) is 7.11 Å². The van der Waals surface area contributed by atoms with Crippen LogP contribution in [0.2, 0.25) is 0 Å². The highest BCUT2D eigenvalue weighted by molar-refractivity contribution is 6.20. The van der Waals surface area contributed by atoms with Crippen LogP contribution < -0.4 is 4.74 Å². The van der Waals surface area contributed by atoms with Gasteiger partial charge in [0.2, 0.25) is 0 Å². The summed E-state index contributed by atoms with van der Waals surface area (Å²) in [6.45, 7) is 16.0. The van der Waals surface area contributed by atoms with Gasteiger partial charge in [0.15, 0.2) is 5.56 Å². The van der Waals surface area contributed by atoms with Gasteiger partial charge in [0.05, 0.1) is 12.6 Å². The van der Waals surface area contributed by atoms with Crippen LogP contribution in [-0.2, 0) is 4.74 Å². The minimum atomic E-state index is -1.03. The van der Waals surface area contributed by atoms with Gasteiger partial charge in [0.1, 0.15) is 5.75 Å². The third-order valence-electron chi connectivity index (χ3n) is 5.48. The Hall–Kier alpha value is -3.06. The lowest BCUT2D eigenvalue weighted by molar-refractivity contribution is -0.0523. The predicted octanol–water partition coefficient (Wildman–Crippen LogP) is 6.67. The van der Waals surface area contributed by atoms with E-state index in [2.05, 4.69) is 0 Å². The van der Waals surface area contributed by atoms with Crippen molar-refractivity contribution in [3.8, 4) is 5.75 Å². The van der Waals surface area contributed by atoms with Gasteiger partial charge in [-0.1, -0.05) is 55.6 Å². The molecule has 0 aromatic heterocycles. The smallest absolute Gasteiger partial charge is 0.431 e. The van der Waals surface area contributed by atoms with Gasteiger partial charge in [0.25, 0.3) is 11.8 Å². The van der Waals surface area contributed by atoms with Crippen molar-refractivity contribution in [2.75, 3.05) is 7.11 Å². The maximum atomic E-state index is 14.1. The van der Waals surface area contributed by atoms with Crippen molar-refractivity contribution < 1.29 is 23.9 Å². The molecule has 196 valence electrons. The van der Waals surface area contributed by atoms with E-state index in [1.54, 1.807) is 58.0 Å². The summed E-state index contributed by atoms with van der Waals surface area (Å²) >= 11 is 6.38. The number of halogens is 1. The molecule has 2 aromatic carbocycles. The average molecular weight is 517 g/mol. The Morgan fingerprint density at radius 2 is 1.44 bits per heavy atom. The van der Waals surface area contributed by atoms with E-state index in [-0.39, 0.29) is 11.1 Å². The summed E-state index contributed by atoms with van der Waals surface area (Å²) in [5, 5.41) is 1.89. The van der Waals surface area contributed by atoms with Crippen molar-refractivity contribution in [2.45, 2.75) is 73.4 Å². The number of alkyl halides is 1. The average Bonchev–Trinajstić information content (AvgIpc) is 2.74. The molecule has 1 atom stereocenters. The topological polar surface area (TPSA) is 76.2 Å². The number of amides is 3.